The predicted octanol–water partition coefficient (Wildman–Crippen LogP) is -0.885. The second-order valence-corrected chi connectivity index (χ2v) is 5.02. The summed E-state index contributed by atoms with van der Waals surface area (Å²) in [6.45, 7) is 0.821. The zero-order chi connectivity index (χ0) is 12.9. The van der Waals surface area contributed by atoms with Gasteiger partial charge in [-0.2, -0.15) is 0 Å². The summed E-state index contributed by atoms with van der Waals surface area (Å²) < 4.78 is 27.0. The number of nitrogens with two attached hydrogens (primary N) is 2. The Labute approximate surface area is 100 Å². The van der Waals surface area contributed by atoms with E-state index in [1.807, 2.05) is 0 Å². The van der Waals surface area contributed by atoms with Gasteiger partial charge in [0, 0.05) is 19.9 Å². The van der Waals surface area contributed by atoms with Crippen molar-refractivity contribution in [2.45, 2.75) is 10.9 Å². The molecule has 1 aromatic heterocycles. The molecule has 0 saturated carbocycles. The third kappa shape index (κ3) is 4.27. The van der Waals surface area contributed by atoms with Crippen LogP contribution >= 0.6 is 0 Å². The minimum Gasteiger partial charge on any atom is -0.383 e. The van der Waals surface area contributed by atoms with Crippen LogP contribution in [-0.4, -0.2) is 39.7 Å². The molecule has 7 nitrogen and oxygen atoms in total. The molecule has 0 aliphatic carbocycles. The van der Waals surface area contributed by atoms with E-state index in [-0.39, 0.29) is 10.9 Å². The molecule has 0 bridgehead atoms. The van der Waals surface area contributed by atoms with E-state index in [4.69, 9.17) is 15.6 Å². The Morgan fingerprint density at radius 1 is 1.53 bits per heavy atom. The lowest BCUT2D eigenvalue weighted by molar-refractivity contribution is 0.187. The second-order valence-electron chi connectivity index (χ2n) is 3.46. The van der Waals surface area contributed by atoms with Crippen molar-refractivity contribution in [3.63, 3.8) is 0 Å². The van der Waals surface area contributed by atoms with Gasteiger partial charge >= 0.3 is 0 Å². The zero-order valence-electron chi connectivity index (χ0n) is 9.46. The summed E-state index contributed by atoms with van der Waals surface area (Å²) in [7, 11) is -2.13. The van der Waals surface area contributed by atoms with Crippen molar-refractivity contribution >= 4 is 15.8 Å². The summed E-state index contributed by atoms with van der Waals surface area (Å²) >= 11 is 0. The van der Waals surface area contributed by atoms with Gasteiger partial charge in [0.2, 0.25) is 10.0 Å². The summed E-state index contributed by atoms with van der Waals surface area (Å²) in [6, 6.07) is 2.83. The molecule has 0 aliphatic heterocycles. The van der Waals surface area contributed by atoms with Gasteiger partial charge in [-0.15, -0.1) is 0 Å². The predicted molar refractivity (Wildman–Crippen MR) is 64.0 cm³/mol. The Bertz CT molecular complexity index is 446. The van der Waals surface area contributed by atoms with Crippen molar-refractivity contribution in [3.05, 3.63) is 18.3 Å². The number of primary sulfonamides is 1. The molecule has 0 amide bonds. The van der Waals surface area contributed by atoms with E-state index in [0.717, 1.165) is 0 Å². The van der Waals surface area contributed by atoms with Crippen LogP contribution in [0.2, 0.25) is 0 Å². The first-order chi connectivity index (χ1) is 7.97. The Morgan fingerprint density at radius 3 is 2.65 bits per heavy atom. The lowest BCUT2D eigenvalue weighted by Crippen LogP contribution is -2.33. The normalized spacial score (nSPS) is 13.4. The topological polar surface area (TPSA) is 120 Å². The third-order valence-corrected chi connectivity index (χ3v) is 2.97. The van der Waals surface area contributed by atoms with Gasteiger partial charge in [-0.3, -0.25) is 0 Å². The standard InChI is InChI=1S/C9H16N4O3S/c1-16-6-7(4-10)13-9-3-2-8(5-12-9)17(11,14)15/h2-3,5,7H,4,6,10H2,1H3,(H,12,13)(H2,11,14,15). The molecule has 0 radical (unpaired) electrons. The van der Waals surface area contributed by atoms with Crippen LogP contribution < -0.4 is 16.2 Å². The van der Waals surface area contributed by atoms with Crippen LogP contribution in [0.5, 0.6) is 0 Å². The SMILES string of the molecule is COCC(CN)Nc1ccc(S(N)(=O)=O)cn1. The number of methoxy groups -OCH3 is 1. The highest BCUT2D eigenvalue weighted by Gasteiger charge is 2.10. The third-order valence-electron chi connectivity index (χ3n) is 2.07. The first-order valence-corrected chi connectivity index (χ1v) is 6.46. The largest absolute Gasteiger partial charge is 0.383 e. The molecule has 5 N–H and O–H groups in total. The molecular weight excluding hydrogens is 244 g/mol. The molecule has 0 fully saturated rings. The molecule has 0 spiro atoms. The van der Waals surface area contributed by atoms with Crippen LogP contribution in [0.15, 0.2) is 23.2 Å². The maximum absolute atomic E-state index is 11.0. The summed E-state index contributed by atoms with van der Waals surface area (Å²) in [5.74, 6) is 0.518. The van der Waals surface area contributed by atoms with Crippen molar-refractivity contribution in [2.24, 2.45) is 10.9 Å². The van der Waals surface area contributed by atoms with Crippen molar-refractivity contribution in [3.8, 4) is 0 Å². The minimum atomic E-state index is -3.70. The summed E-state index contributed by atoms with van der Waals surface area (Å²) in [5, 5.41) is 7.97. The van der Waals surface area contributed by atoms with E-state index in [1.54, 1.807) is 7.11 Å². The van der Waals surface area contributed by atoms with Crippen LogP contribution in [0.3, 0.4) is 0 Å². The molecular formula is C9H16N4O3S. The van der Waals surface area contributed by atoms with E-state index >= 15 is 0 Å². The smallest absolute Gasteiger partial charge is 0.239 e. The van der Waals surface area contributed by atoms with Gasteiger partial charge in [-0.05, 0) is 12.1 Å². The van der Waals surface area contributed by atoms with Gasteiger partial charge in [0.25, 0.3) is 0 Å². The van der Waals surface area contributed by atoms with Crippen LogP contribution in [-0.2, 0) is 14.8 Å². The molecule has 17 heavy (non-hydrogen) atoms. The number of rotatable bonds is 6. The summed E-state index contributed by atoms with van der Waals surface area (Å²) in [6.07, 6.45) is 1.19. The fraction of sp³-hybridized carbons (Fsp3) is 0.444. The first-order valence-electron chi connectivity index (χ1n) is 4.91. The number of hydrogen-bond donors (Lipinski definition) is 3. The Balaban J connectivity index is 2.74. The number of pyridine rings is 1. The van der Waals surface area contributed by atoms with Crippen LogP contribution in [0.1, 0.15) is 0 Å². The number of aromatic nitrogens is 1. The highest BCUT2D eigenvalue weighted by Crippen LogP contribution is 2.09. The second kappa shape index (κ2) is 5.92. The van der Waals surface area contributed by atoms with E-state index < -0.39 is 10.0 Å². The number of nitrogens with one attached hydrogen (secondary N) is 1. The quantitative estimate of drug-likeness (QED) is 0.610. The van der Waals surface area contributed by atoms with Crippen molar-refractivity contribution in [1.29, 1.82) is 0 Å². The molecule has 96 valence electrons. The average molecular weight is 260 g/mol. The molecule has 0 saturated heterocycles. The highest BCUT2D eigenvalue weighted by atomic mass is 32.2. The molecule has 1 unspecified atom stereocenters. The van der Waals surface area contributed by atoms with E-state index in [1.165, 1.54) is 18.3 Å². The van der Waals surface area contributed by atoms with Crippen molar-refractivity contribution in [2.75, 3.05) is 25.6 Å². The van der Waals surface area contributed by atoms with Crippen molar-refractivity contribution in [1.82, 2.24) is 4.98 Å². The number of anilines is 1. The van der Waals surface area contributed by atoms with Gasteiger partial charge in [-0.1, -0.05) is 0 Å². The molecule has 8 heteroatoms. The molecule has 1 rings (SSSR count). The van der Waals surface area contributed by atoms with Gasteiger partial charge < -0.3 is 15.8 Å². The van der Waals surface area contributed by atoms with Crippen LogP contribution in [0, 0.1) is 0 Å². The fourth-order valence-corrected chi connectivity index (χ4v) is 1.67. The van der Waals surface area contributed by atoms with Crippen LogP contribution in [0.25, 0.3) is 0 Å². The molecule has 1 aromatic rings. The van der Waals surface area contributed by atoms with Crippen LogP contribution in [0.4, 0.5) is 5.82 Å². The van der Waals surface area contributed by atoms with Gasteiger partial charge in [0.15, 0.2) is 0 Å². The van der Waals surface area contributed by atoms with Crippen molar-refractivity contribution < 1.29 is 13.2 Å². The fourth-order valence-electron chi connectivity index (χ4n) is 1.21. The summed E-state index contributed by atoms with van der Waals surface area (Å²) in [5.41, 5.74) is 5.52. The molecule has 0 aliphatic rings. The highest BCUT2D eigenvalue weighted by molar-refractivity contribution is 7.89. The van der Waals surface area contributed by atoms with Gasteiger partial charge in [0.05, 0.1) is 12.6 Å². The molecule has 1 heterocycles. The van der Waals surface area contributed by atoms with Gasteiger partial charge in [-0.25, -0.2) is 18.5 Å². The zero-order valence-corrected chi connectivity index (χ0v) is 10.3. The van der Waals surface area contributed by atoms with Gasteiger partial charge in [0.1, 0.15) is 10.7 Å². The Hall–Kier alpha value is -1.22. The number of sulfonamides is 1. The molecule has 0 aromatic carbocycles. The Morgan fingerprint density at radius 2 is 2.24 bits per heavy atom. The van der Waals surface area contributed by atoms with E-state index in [0.29, 0.717) is 19.0 Å². The lowest BCUT2D eigenvalue weighted by Gasteiger charge is -2.16. The maximum Gasteiger partial charge on any atom is 0.239 e. The maximum atomic E-state index is 11.0. The minimum absolute atomic E-state index is 0.0286. The lowest BCUT2D eigenvalue weighted by atomic mass is 10.3. The first kappa shape index (κ1) is 13.8. The number of ether oxygens (including phenoxy) is 1. The monoisotopic (exact) mass is 260 g/mol. The van der Waals surface area contributed by atoms with E-state index in [2.05, 4.69) is 10.3 Å². The Kier molecular flexibility index (Phi) is 4.82. The number of nitrogens with zero attached hydrogens (tertiary/aromatic N) is 1. The average Bonchev–Trinajstić information content (AvgIpc) is 2.28. The number of hydrogen-bond acceptors (Lipinski definition) is 6. The molecule has 1 atom stereocenters. The van der Waals surface area contributed by atoms with E-state index in [9.17, 15) is 8.42 Å². The summed E-state index contributed by atoms with van der Waals surface area (Å²) in [4.78, 5) is 3.91.